The normalized spacial score (nSPS) is 17.4. The summed E-state index contributed by atoms with van der Waals surface area (Å²) >= 11 is 0. The summed E-state index contributed by atoms with van der Waals surface area (Å²) in [7, 11) is 0. The quantitative estimate of drug-likeness (QED) is 0.736. The molecule has 24 heavy (non-hydrogen) atoms. The van der Waals surface area contributed by atoms with Crippen molar-refractivity contribution < 1.29 is 13.7 Å². The third-order valence-corrected chi connectivity index (χ3v) is 4.17. The molecular formula is C17H16N4O3. The summed E-state index contributed by atoms with van der Waals surface area (Å²) in [6.45, 7) is 3.14. The first kappa shape index (κ1) is 14.6. The minimum absolute atomic E-state index is 0.0141. The van der Waals surface area contributed by atoms with Crippen LogP contribution in [0, 0.1) is 6.92 Å². The van der Waals surface area contributed by atoms with Gasteiger partial charge in [0.05, 0.1) is 11.8 Å². The van der Waals surface area contributed by atoms with Crippen LogP contribution in [0.4, 0.5) is 0 Å². The van der Waals surface area contributed by atoms with Crippen LogP contribution in [0.2, 0.25) is 0 Å². The zero-order chi connectivity index (χ0) is 16.5. The van der Waals surface area contributed by atoms with Crippen molar-refractivity contribution in [3.05, 3.63) is 53.8 Å². The van der Waals surface area contributed by atoms with Crippen molar-refractivity contribution in [2.24, 2.45) is 0 Å². The number of aromatic nitrogens is 3. The molecule has 1 saturated heterocycles. The van der Waals surface area contributed by atoms with Crippen LogP contribution in [0.1, 0.15) is 34.2 Å². The monoisotopic (exact) mass is 324 g/mol. The summed E-state index contributed by atoms with van der Waals surface area (Å²) in [6.07, 6.45) is 3.99. The van der Waals surface area contributed by atoms with Crippen LogP contribution in [-0.4, -0.2) is 39.0 Å². The van der Waals surface area contributed by atoms with Gasteiger partial charge in [0.25, 0.3) is 11.8 Å². The number of pyridine rings is 1. The van der Waals surface area contributed by atoms with E-state index in [9.17, 15) is 4.79 Å². The number of carbonyl (C=O) groups is 1. The Hall–Kier alpha value is -2.96. The second-order valence-corrected chi connectivity index (χ2v) is 5.86. The summed E-state index contributed by atoms with van der Waals surface area (Å²) in [5, 5.41) is 4.04. The van der Waals surface area contributed by atoms with E-state index in [2.05, 4.69) is 15.1 Å². The van der Waals surface area contributed by atoms with E-state index in [1.54, 1.807) is 35.6 Å². The van der Waals surface area contributed by atoms with E-state index in [0.717, 1.165) is 12.1 Å². The molecule has 0 bridgehead atoms. The van der Waals surface area contributed by atoms with Gasteiger partial charge in [0.1, 0.15) is 0 Å². The van der Waals surface area contributed by atoms with E-state index in [1.165, 1.54) is 0 Å². The maximum absolute atomic E-state index is 12.5. The molecule has 1 amide bonds. The van der Waals surface area contributed by atoms with Crippen molar-refractivity contribution in [1.82, 2.24) is 20.0 Å². The zero-order valence-corrected chi connectivity index (χ0v) is 13.2. The number of amides is 1. The van der Waals surface area contributed by atoms with Crippen LogP contribution in [0.5, 0.6) is 0 Å². The Kier molecular flexibility index (Phi) is 3.60. The molecule has 1 aliphatic rings. The maximum Gasteiger partial charge on any atom is 0.293 e. The lowest BCUT2D eigenvalue weighted by molar-refractivity contribution is 0.0790. The van der Waals surface area contributed by atoms with Crippen molar-refractivity contribution in [2.75, 3.05) is 13.1 Å². The molecule has 0 saturated carbocycles. The molecule has 0 unspecified atom stereocenters. The van der Waals surface area contributed by atoms with Gasteiger partial charge in [-0.1, -0.05) is 5.16 Å². The van der Waals surface area contributed by atoms with Gasteiger partial charge in [-0.25, -0.2) is 0 Å². The smallest absolute Gasteiger partial charge is 0.293 e. The van der Waals surface area contributed by atoms with E-state index in [4.69, 9.17) is 8.94 Å². The molecule has 1 aliphatic heterocycles. The lowest BCUT2D eigenvalue weighted by atomic mass is 10.1. The Morgan fingerprint density at radius 1 is 1.33 bits per heavy atom. The van der Waals surface area contributed by atoms with Crippen molar-refractivity contribution in [1.29, 1.82) is 0 Å². The van der Waals surface area contributed by atoms with Crippen LogP contribution in [0.15, 0.2) is 45.7 Å². The van der Waals surface area contributed by atoms with Crippen molar-refractivity contribution in [2.45, 2.75) is 19.3 Å². The molecule has 0 aliphatic carbocycles. The first-order valence-corrected chi connectivity index (χ1v) is 7.80. The largest absolute Gasteiger partial charge is 0.459 e. The van der Waals surface area contributed by atoms with E-state index in [0.29, 0.717) is 36.1 Å². The predicted octanol–water partition coefficient (Wildman–Crippen LogP) is 2.66. The molecule has 0 radical (unpaired) electrons. The van der Waals surface area contributed by atoms with Crippen molar-refractivity contribution >= 4 is 5.91 Å². The molecule has 7 nitrogen and oxygen atoms in total. The van der Waals surface area contributed by atoms with Crippen LogP contribution in [0.25, 0.3) is 11.7 Å². The van der Waals surface area contributed by atoms with E-state index >= 15 is 0 Å². The second kappa shape index (κ2) is 5.92. The Labute approximate surface area is 138 Å². The molecule has 122 valence electrons. The fourth-order valence-electron chi connectivity index (χ4n) is 2.83. The third-order valence-electron chi connectivity index (χ3n) is 4.17. The van der Waals surface area contributed by atoms with Crippen LogP contribution < -0.4 is 0 Å². The zero-order valence-electron chi connectivity index (χ0n) is 13.2. The lowest BCUT2D eigenvalue weighted by Crippen LogP contribution is -2.28. The van der Waals surface area contributed by atoms with Crippen molar-refractivity contribution in [3.63, 3.8) is 0 Å². The number of rotatable bonds is 3. The summed E-state index contributed by atoms with van der Waals surface area (Å²) in [5.41, 5.74) is 1.49. The fourth-order valence-corrected chi connectivity index (χ4v) is 2.83. The summed E-state index contributed by atoms with van der Waals surface area (Å²) in [5.74, 6) is 1.58. The van der Waals surface area contributed by atoms with Gasteiger partial charge in [0.2, 0.25) is 0 Å². The van der Waals surface area contributed by atoms with Gasteiger partial charge in [-0.3, -0.25) is 9.78 Å². The molecular weight excluding hydrogens is 308 g/mol. The van der Waals surface area contributed by atoms with Gasteiger partial charge in [-0.15, -0.1) is 0 Å². The Bertz CT molecular complexity index is 839. The first-order chi connectivity index (χ1) is 11.7. The number of hydrogen-bond donors (Lipinski definition) is 0. The molecule has 4 heterocycles. The van der Waals surface area contributed by atoms with Gasteiger partial charge < -0.3 is 13.8 Å². The minimum atomic E-state index is -0.0141. The third kappa shape index (κ3) is 2.68. The average Bonchev–Trinajstić information content (AvgIpc) is 3.33. The van der Waals surface area contributed by atoms with Gasteiger partial charge in [-0.2, -0.15) is 4.98 Å². The molecule has 3 aromatic heterocycles. The lowest BCUT2D eigenvalue weighted by Gasteiger charge is -2.15. The molecule has 0 aromatic carbocycles. The standard InChI is InChI=1S/C17H16N4O3/c1-11-4-5-12(9-18-11)17(22)21-7-6-13(10-21)15-19-16(24-20-15)14-3-2-8-23-14/h2-5,8-9,13H,6-7,10H2,1H3/t13-/m0/s1. The Morgan fingerprint density at radius 3 is 3.00 bits per heavy atom. The summed E-state index contributed by atoms with van der Waals surface area (Å²) < 4.78 is 10.5. The number of likely N-dealkylation sites (tertiary alicyclic amines) is 1. The number of nitrogens with zero attached hydrogens (tertiary/aromatic N) is 4. The molecule has 1 atom stereocenters. The highest BCUT2D eigenvalue weighted by molar-refractivity contribution is 5.94. The predicted molar refractivity (Wildman–Crippen MR) is 84.2 cm³/mol. The number of aryl methyl sites for hydroxylation is 1. The fraction of sp³-hybridized carbons (Fsp3) is 0.294. The average molecular weight is 324 g/mol. The van der Waals surface area contributed by atoms with Gasteiger partial charge in [0.15, 0.2) is 11.6 Å². The van der Waals surface area contributed by atoms with Gasteiger partial charge in [0, 0.05) is 30.9 Å². The van der Waals surface area contributed by atoms with Crippen LogP contribution in [0.3, 0.4) is 0 Å². The SMILES string of the molecule is Cc1ccc(C(=O)N2CC[C@H](c3noc(-c4ccco4)n3)C2)cn1. The summed E-state index contributed by atoms with van der Waals surface area (Å²) in [4.78, 5) is 22.9. The number of carbonyl (C=O) groups excluding carboxylic acids is 1. The van der Waals surface area contributed by atoms with Crippen LogP contribution in [-0.2, 0) is 0 Å². The number of furan rings is 1. The first-order valence-electron chi connectivity index (χ1n) is 7.80. The highest BCUT2D eigenvalue weighted by atomic mass is 16.5. The highest BCUT2D eigenvalue weighted by Gasteiger charge is 2.31. The molecule has 7 heteroatoms. The highest BCUT2D eigenvalue weighted by Crippen LogP contribution is 2.28. The molecule has 1 fully saturated rings. The number of hydrogen-bond acceptors (Lipinski definition) is 6. The van der Waals surface area contributed by atoms with Gasteiger partial charge >= 0.3 is 0 Å². The van der Waals surface area contributed by atoms with E-state index in [-0.39, 0.29) is 11.8 Å². The van der Waals surface area contributed by atoms with E-state index < -0.39 is 0 Å². The second-order valence-electron chi connectivity index (χ2n) is 5.86. The summed E-state index contributed by atoms with van der Waals surface area (Å²) in [6, 6.07) is 7.19. The topological polar surface area (TPSA) is 85.3 Å². The molecule has 0 N–H and O–H groups in total. The Balaban J connectivity index is 1.46. The minimum Gasteiger partial charge on any atom is -0.459 e. The Morgan fingerprint density at radius 2 is 2.25 bits per heavy atom. The molecule has 4 rings (SSSR count). The van der Waals surface area contributed by atoms with Gasteiger partial charge in [-0.05, 0) is 37.6 Å². The van der Waals surface area contributed by atoms with E-state index in [1.807, 2.05) is 13.0 Å². The van der Waals surface area contributed by atoms with Crippen molar-refractivity contribution in [3.8, 4) is 11.7 Å². The molecule has 3 aromatic rings. The van der Waals surface area contributed by atoms with Crippen LogP contribution >= 0.6 is 0 Å². The maximum atomic E-state index is 12.5. The molecule has 0 spiro atoms.